The Bertz CT molecular complexity index is 361. The summed E-state index contributed by atoms with van der Waals surface area (Å²) in [6.45, 7) is 0. The number of carbonyl (C=O) groups is 1. The van der Waals surface area contributed by atoms with Crippen LogP contribution in [0.3, 0.4) is 0 Å². The first-order valence-electron chi connectivity index (χ1n) is 4.00. The fourth-order valence-corrected chi connectivity index (χ4v) is 1.50. The molecule has 4 nitrogen and oxygen atoms in total. The molecule has 0 aliphatic heterocycles. The maximum absolute atomic E-state index is 12.7. The molecule has 1 saturated carbocycles. The molecule has 0 bridgehead atoms. The lowest BCUT2D eigenvalue weighted by Crippen LogP contribution is -2.04. The minimum absolute atomic E-state index is 0.118. The second-order valence-corrected chi connectivity index (χ2v) is 3.23. The maximum atomic E-state index is 12.7. The van der Waals surface area contributed by atoms with Gasteiger partial charge in [-0.15, -0.1) is 0 Å². The minimum atomic E-state index is -1.04. The van der Waals surface area contributed by atoms with Crippen molar-refractivity contribution in [3.63, 3.8) is 0 Å². The van der Waals surface area contributed by atoms with Crippen molar-refractivity contribution in [1.29, 1.82) is 0 Å². The van der Waals surface area contributed by atoms with Crippen LogP contribution in [-0.2, 0) is 7.05 Å². The highest BCUT2D eigenvalue weighted by atomic mass is 19.1. The summed E-state index contributed by atoms with van der Waals surface area (Å²) in [6, 6.07) is 0. The summed E-state index contributed by atoms with van der Waals surface area (Å²) < 4.78 is 14.2. The molecule has 0 radical (unpaired) electrons. The van der Waals surface area contributed by atoms with Gasteiger partial charge >= 0.3 is 5.97 Å². The van der Waals surface area contributed by atoms with E-state index in [1.54, 1.807) is 7.05 Å². The summed E-state index contributed by atoms with van der Waals surface area (Å²) in [7, 11) is 1.63. The zero-order valence-electron chi connectivity index (χ0n) is 7.07. The number of hydrogen-bond acceptors (Lipinski definition) is 2. The van der Waals surface area contributed by atoms with E-state index in [0.29, 0.717) is 12.1 Å². The average Bonchev–Trinajstić information content (AvgIpc) is 2.60. The fraction of sp³-hybridized carbons (Fsp3) is 0.500. The van der Waals surface area contributed by atoms with Crippen LogP contribution < -0.4 is 0 Å². The number of rotatable bonds is 2. The minimum Gasteiger partial charge on any atom is -0.478 e. The summed E-state index contributed by atoms with van der Waals surface area (Å²) in [4.78, 5) is 10.7. The van der Waals surface area contributed by atoms with E-state index in [2.05, 4.69) is 5.10 Å². The fourth-order valence-electron chi connectivity index (χ4n) is 1.50. The maximum Gasteiger partial charge on any atom is 0.339 e. The molecule has 1 aliphatic carbocycles. The van der Waals surface area contributed by atoms with Gasteiger partial charge in [-0.25, -0.2) is 9.18 Å². The Labute approximate surface area is 74.0 Å². The van der Waals surface area contributed by atoms with Gasteiger partial charge in [0.1, 0.15) is 11.7 Å². The van der Waals surface area contributed by atoms with Crippen LogP contribution in [0, 0.1) is 0 Å². The normalized spacial score (nSPS) is 26.0. The number of hydrogen-bond donors (Lipinski definition) is 1. The molecule has 1 N–H and O–H groups in total. The van der Waals surface area contributed by atoms with E-state index in [4.69, 9.17) is 5.11 Å². The summed E-state index contributed by atoms with van der Waals surface area (Å²) in [5.41, 5.74) is 0.618. The predicted octanol–water partition coefficient (Wildman–Crippen LogP) is 0.944. The monoisotopic (exact) mass is 184 g/mol. The van der Waals surface area contributed by atoms with Crippen molar-refractivity contribution >= 4 is 5.97 Å². The van der Waals surface area contributed by atoms with E-state index in [1.807, 2.05) is 0 Å². The number of aromatic nitrogens is 2. The largest absolute Gasteiger partial charge is 0.478 e. The predicted molar refractivity (Wildman–Crippen MR) is 42.4 cm³/mol. The van der Waals surface area contributed by atoms with Crippen LogP contribution in [0.25, 0.3) is 0 Å². The molecule has 2 rings (SSSR count). The van der Waals surface area contributed by atoms with Gasteiger partial charge in [0.2, 0.25) is 0 Å². The van der Waals surface area contributed by atoms with Gasteiger partial charge in [-0.1, -0.05) is 0 Å². The summed E-state index contributed by atoms with van der Waals surface area (Å²) >= 11 is 0. The van der Waals surface area contributed by atoms with Gasteiger partial charge in [0.05, 0.1) is 11.9 Å². The SMILES string of the molecule is Cn1ncc(C(=O)O)c1[C@@H]1C[C@@H]1F. The van der Waals surface area contributed by atoms with E-state index in [9.17, 15) is 9.18 Å². The van der Waals surface area contributed by atoms with Crippen LogP contribution in [0.15, 0.2) is 6.20 Å². The molecule has 0 amide bonds. The number of nitrogens with zero attached hydrogens (tertiary/aromatic N) is 2. The van der Waals surface area contributed by atoms with Gasteiger partial charge < -0.3 is 5.11 Å². The molecule has 1 fully saturated rings. The van der Waals surface area contributed by atoms with Gasteiger partial charge in [-0.3, -0.25) is 4.68 Å². The molecular formula is C8H9FN2O2. The zero-order valence-corrected chi connectivity index (χ0v) is 7.07. The van der Waals surface area contributed by atoms with Gasteiger partial charge in [0, 0.05) is 13.0 Å². The van der Waals surface area contributed by atoms with Crippen LogP contribution in [0.2, 0.25) is 0 Å². The highest BCUT2D eigenvalue weighted by Gasteiger charge is 2.43. The summed E-state index contributed by atoms with van der Waals surface area (Å²) in [5, 5.41) is 12.6. The molecule has 70 valence electrons. The smallest absolute Gasteiger partial charge is 0.339 e. The van der Waals surface area contributed by atoms with Crippen molar-refractivity contribution in [3.8, 4) is 0 Å². The Morgan fingerprint density at radius 2 is 2.46 bits per heavy atom. The third-order valence-corrected chi connectivity index (χ3v) is 2.28. The molecule has 0 spiro atoms. The summed E-state index contributed by atoms with van der Waals surface area (Å²) in [6.07, 6.45) is 0.788. The average molecular weight is 184 g/mol. The van der Waals surface area contributed by atoms with Crippen LogP contribution in [0.1, 0.15) is 28.4 Å². The first-order chi connectivity index (χ1) is 6.11. The Hall–Kier alpha value is -1.39. The second-order valence-electron chi connectivity index (χ2n) is 3.23. The molecule has 1 heterocycles. The second kappa shape index (κ2) is 2.55. The van der Waals surface area contributed by atoms with Crippen molar-refractivity contribution in [2.24, 2.45) is 7.05 Å². The molecule has 1 aromatic rings. The number of halogens is 1. The standard InChI is InChI=1S/C8H9FN2O2/c1-11-7(4-2-6(4)9)5(3-10-11)8(12)13/h3-4,6H,2H2,1H3,(H,12,13)/t4-,6+/m1/s1. The topological polar surface area (TPSA) is 55.1 Å². The molecule has 0 unspecified atom stereocenters. The molecule has 1 aliphatic rings. The van der Waals surface area contributed by atoms with Gasteiger partial charge in [0.15, 0.2) is 0 Å². The van der Waals surface area contributed by atoms with Crippen LogP contribution in [0.5, 0.6) is 0 Å². The lowest BCUT2D eigenvalue weighted by atomic mass is 10.2. The van der Waals surface area contributed by atoms with Gasteiger partial charge in [0.25, 0.3) is 0 Å². The molecule has 0 aromatic carbocycles. The number of carboxylic acid groups (broad SMARTS) is 1. The zero-order chi connectivity index (χ0) is 9.59. The van der Waals surface area contributed by atoms with Crippen molar-refractivity contribution in [2.75, 3.05) is 0 Å². The van der Waals surface area contributed by atoms with E-state index < -0.39 is 12.1 Å². The van der Waals surface area contributed by atoms with Crippen molar-refractivity contribution in [2.45, 2.75) is 18.5 Å². The Morgan fingerprint density at radius 3 is 2.92 bits per heavy atom. The van der Waals surface area contributed by atoms with Crippen LogP contribution >= 0.6 is 0 Å². The first kappa shape index (κ1) is 8.22. The number of aryl methyl sites for hydroxylation is 1. The van der Waals surface area contributed by atoms with Gasteiger partial charge in [-0.2, -0.15) is 5.10 Å². The van der Waals surface area contributed by atoms with Crippen LogP contribution in [-0.4, -0.2) is 27.0 Å². The third kappa shape index (κ3) is 1.20. The molecular weight excluding hydrogens is 175 g/mol. The van der Waals surface area contributed by atoms with Crippen LogP contribution in [0.4, 0.5) is 4.39 Å². The summed E-state index contributed by atoms with van der Waals surface area (Å²) in [5.74, 6) is -1.30. The highest BCUT2D eigenvalue weighted by Crippen LogP contribution is 2.44. The molecule has 1 aromatic heterocycles. The number of alkyl halides is 1. The molecule has 2 atom stereocenters. The molecule has 0 saturated heterocycles. The number of aromatic carboxylic acids is 1. The first-order valence-corrected chi connectivity index (χ1v) is 4.00. The van der Waals surface area contributed by atoms with Crippen molar-refractivity contribution in [3.05, 3.63) is 17.5 Å². The lowest BCUT2D eigenvalue weighted by Gasteiger charge is -1.99. The number of carboxylic acids is 1. The Balaban J connectivity index is 2.41. The molecule has 5 heteroatoms. The lowest BCUT2D eigenvalue weighted by molar-refractivity contribution is 0.0695. The van der Waals surface area contributed by atoms with E-state index in [0.717, 1.165) is 0 Å². The van der Waals surface area contributed by atoms with Gasteiger partial charge in [-0.05, 0) is 6.42 Å². The van der Waals surface area contributed by atoms with E-state index in [1.165, 1.54) is 10.9 Å². The Kier molecular flexibility index (Phi) is 1.61. The van der Waals surface area contributed by atoms with Crippen molar-refractivity contribution < 1.29 is 14.3 Å². The molecule has 13 heavy (non-hydrogen) atoms. The quantitative estimate of drug-likeness (QED) is 0.744. The highest BCUT2D eigenvalue weighted by molar-refractivity contribution is 5.89. The van der Waals surface area contributed by atoms with E-state index >= 15 is 0 Å². The third-order valence-electron chi connectivity index (χ3n) is 2.28. The van der Waals surface area contributed by atoms with Crippen molar-refractivity contribution in [1.82, 2.24) is 9.78 Å². The van der Waals surface area contributed by atoms with E-state index in [-0.39, 0.29) is 11.5 Å². The Morgan fingerprint density at radius 1 is 1.85 bits per heavy atom.